The minimum atomic E-state index is -0.155. The third-order valence-electron chi connectivity index (χ3n) is 5.63. The van der Waals surface area contributed by atoms with Gasteiger partial charge in [0.05, 0.1) is 37.4 Å². The second-order valence-electron chi connectivity index (χ2n) is 7.23. The molecule has 0 radical (unpaired) electrons. The summed E-state index contributed by atoms with van der Waals surface area (Å²) in [6.45, 7) is 9.99. The molecule has 5 nitrogen and oxygen atoms in total. The molecule has 1 heterocycles. The van der Waals surface area contributed by atoms with Crippen molar-refractivity contribution < 1.29 is 9.69 Å². The second kappa shape index (κ2) is 8.24. The van der Waals surface area contributed by atoms with Crippen LogP contribution in [0.5, 0.6) is 0 Å². The molecule has 27 heavy (non-hydrogen) atoms. The fourth-order valence-corrected chi connectivity index (χ4v) is 3.66. The number of nitriles is 1. The molecular formula is C22H27N4O+. The van der Waals surface area contributed by atoms with E-state index in [0.29, 0.717) is 11.3 Å². The number of nitrogens with zero attached hydrogens (tertiary/aromatic N) is 2. The van der Waals surface area contributed by atoms with Gasteiger partial charge in [0.25, 0.3) is 5.91 Å². The van der Waals surface area contributed by atoms with Gasteiger partial charge in [-0.25, -0.2) is 0 Å². The molecule has 2 aromatic rings. The van der Waals surface area contributed by atoms with E-state index in [9.17, 15) is 10.1 Å². The summed E-state index contributed by atoms with van der Waals surface area (Å²) in [5.41, 5.74) is 5.03. The predicted octanol–water partition coefficient (Wildman–Crippen LogP) is 1.91. The van der Waals surface area contributed by atoms with Crippen molar-refractivity contribution in [3.8, 4) is 6.07 Å². The molecule has 1 fully saturated rings. The number of carbonyl (C=O) groups is 1. The highest BCUT2D eigenvalue weighted by Crippen LogP contribution is 2.22. The molecule has 1 saturated heterocycles. The van der Waals surface area contributed by atoms with Gasteiger partial charge in [-0.15, -0.1) is 0 Å². The van der Waals surface area contributed by atoms with Gasteiger partial charge >= 0.3 is 0 Å². The van der Waals surface area contributed by atoms with Crippen molar-refractivity contribution in [3.05, 3.63) is 59.2 Å². The first-order chi connectivity index (χ1) is 13.0. The number of anilines is 2. The third-order valence-corrected chi connectivity index (χ3v) is 5.63. The van der Waals surface area contributed by atoms with Crippen LogP contribution in [0.15, 0.2) is 42.5 Å². The Morgan fingerprint density at radius 2 is 1.85 bits per heavy atom. The van der Waals surface area contributed by atoms with E-state index in [1.54, 1.807) is 18.2 Å². The number of hydrogen-bond donors (Lipinski definition) is 2. The zero-order chi connectivity index (χ0) is 19.4. The van der Waals surface area contributed by atoms with Crippen LogP contribution in [0.3, 0.4) is 0 Å². The monoisotopic (exact) mass is 363 g/mol. The van der Waals surface area contributed by atoms with Gasteiger partial charge in [0.2, 0.25) is 0 Å². The van der Waals surface area contributed by atoms with Crippen LogP contribution in [0.4, 0.5) is 11.4 Å². The highest BCUT2D eigenvalue weighted by atomic mass is 16.2. The Kier molecular flexibility index (Phi) is 5.78. The zero-order valence-electron chi connectivity index (χ0n) is 16.2. The molecule has 1 atom stereocenters. The van der Waals surface area contributed by atoms with E-state index in [-0.39, 0.29) is 11.9 Å². The first-order valence-corrected chi connectivity index (χ1v) is 9.47. The number of benzene rings is 2. The summed E-state index contributed by atoms with van der Waals surface area (Å²) < 4.78 is 0. The number of carbonyl (C=O) groups excluding carboxylic acids is 1. The standard InChI is InChI=1S/C22H26N4O/c1-16-7-6-10-21(17(16)2)26-13-11-25(12-14-26)18(3)22(27)24-20-9-5-4-8-19(20)15-23/h4-10,18H,11-14H2,1-3H3,(H,24,27)/p+1/t18-/m0/s1. The van der Waals surface area contributed by atoms with E-state index in [1.165, 1.54) is 21.7 Å². The SMILES string of the molecule is Cc1cccc(N2CC[NH+]([C@@H](C)C(=O)Nc3ccccc3C#N)CC2)c1C. The molecule has 0 bridgehead atoms. The Morgan fingerprint density at radius 3 is 2.56 bits per heavy atom. The molecule has 0 unspecified atom stereocenters. The lowest BCUT2D eigenvalue weighted by Gasteiger charge is -2.36. The summed E-state index contributed by atoms with van der Waals surface area (Å²) in [6, 6.07) is 15.5. The summed E-state index contributed by atoms with van der Waals surface area (Å²) in [7, 11) is 0. The van der Waals surface area contributed by atoms with Gasteiger partial charge in [0.1, 0.15) is 6.07 Å². The summed E-state index contributed by atoms with van der Waals surface area (Å²) >= 11 is 0. The molecule has 3 rings (SSSR count). The molecule has 0 spiro atoms. The van der Waals surface area contributed by atoms with Crippen LogP contribution in [0.25, 0.3) is 0 Å². The van der Waals surface area contributed by atoms with Gasteiger partial charge in [-0.3, -0.25) is 4.79 Å². The Balaban J connectivity index is 1.61. The maximum Gasteiger partial charge on any atom is 0.282 e. The largest absolute Gasteiger partial charge is 0.360 e. The van der Waals surface area contributed by atoms with E-state index in [1.807, 2.05) is 13.0 Å². The average molecular weight is 363 g/mol. The van der Waals surface area contributed by atoms with Gasteiger partial charge < -0.3 is 15.1 Å². The van der Waals surface area contributed by atoms with Gasteiger partial charge in [-0.1, -0.05) is 24.3 Å². The summed E-state index contributed by atoms with van der Waals surface area (Å²) in [4.78, 5) is 16.4. The predicted molar refractivity (Wildman–Crippen MR) is 108 cm³/mol. The number of amides is 1. The minimum Gasteiger partial charge on any atom is -0.360 e. The number of quaternary nitrogens is 1. The number of para-hydroxylation sites is 1. The van der Waals surface area contributed by atoms with Crippen LogP contribution in [-0.2, 0) is 4.79 Å². The van der Waals surface area contributed by atoms with Crippen LogP contribution in [-0.4, -0.2) is 38.1 Å². The number of aryl methyl sites for hydroxylation is 1. The van der Waals surface area contributed by atoms with Gasteiger partial charge in [0, 0.05) is 5.69 Å². The third kappa shape index (κ3) is 4.12. The Bertz CT molecular complexity index is 863. The molecule has 0 aromatic heterocycles. The first kappa shape index (κ1) is 18.9. The van der Waals surface area contributed by atoms with Crippen molar-refractivity contribution in [1.82, 2.24) is 0 Å². The molecule has 2 N–H and O–H groups in total. The van der Waals surface area contributed by atoms with E-state index in [4.69, 9.17) is 0 Å². The maximum absolute atomic E-state index is 12.7. The van der Waals surface area contributed by atoms with E-state index in [2.05, 4.69) is 48.3 Å². The quantitative estimate of drug-likeness (QED) is 0.872. The van der Waals surface area contributed by atoms with Gasteiger partial charge in [-0.2, -0.15) is 5.26 Å². The number of piperazine rings is 1. The van der Waals surface area contributed by atoms with Crippen molar-refractivity contribution in [2.24, 2.45) is 0 Å². The van der Waals surface area contributed by atoms with Gasteiger partial charge in [0.15, 0.2) is 6.04 Å². The van der Waals surface area contributed by atoms with Crippen molar-refractivity contribution in [2.45, 2.75) is 26.8 Å². The topological polar surface area (TPSA) is 60.6 Å². The van der Waals surface area contributed by atoms with Crippen molar-refractivity contribution in [1.29, 1.82) is 5.26 Å². The molecule has 1 aliphatic heterocycles. The molecule has 1 amide bonds. The van der Waals surface area contributed by atoms with Crippen LogP contribution in [0.1, 0.15) is 23.6 Å². The summed E-state index contributed by atoms with van der Waals surface area (Å²) in [5, 5.41) is 12.1. The van der Waals surface area contributed by atoms with Crippen LogP contribution >= 0.6 is 0 Å². The van der Waals surface area contributed by atoms with Crippen LogP contribution in [0, 0.1) is 25.2 Å². The van der Waals surface area contributed by atoms with E-state index < -0.39 is 0 Å². The highest BCUT2D eigenvalue weighted by molar-refractivity contribution is 5.94. The van der Waals surface area contributed by atoms with Crippen molar-refractivity contribution >= 4 is 17.3 Å². The lowest BCUT2D eigenvalue weighted by atomic mass is 10.1. The lowest BCUT2D eigenvalue weighted by molar-refractivity contribution is -0.914. The Hall–Kier alpha value is -2.84. The van der Waals surface area contributed by atoms with Gasteiger partial charge in [-0.05, 0) is 50.1 Å². The van der Waals surface area contributed by atoms with Crippen molar-refractivity contribution in [2.75, 3.05) is 36.4 Å². The fourth-order valence-electron chi connectivity index (χ4n) is 3.66. The molecular weight excluding hydrogens is 336 g/mol. The van der Waals surface area contributed by atoms with Crippen LogP contribution in [0.2, 0.25) is 0 Å². The van der Waals surface area contributed by atoms with Crippen LogP contribution < -0.4 is 15.1 Å². The van der Waals surface area contributed by atoms with Crippen molar-refractivity contribution in [3.63, 3.8) is 0 Å². The minimum absolute atomic E-state index is 0.0344. The molecule has 0 saturated carbocycles. The molecule has 1 aliphatic rings. The fraction of sp³-hybridized carbons (Fsp3) is 0.364. The highest BCUT2D eigenvalue weighted by Gasteiger charge is 2.30. The number of nitrogens with one attached hydrogen (secondary N) is 2. The number of hydrogen-bond acceptors (Lipinski definition) is 3. The maximum atomic E-state index is 12.7. The lowest BCUT2D eigenvalue weighted by Crippen LogP contribution is -3.19. The Morgan fingerprint density at radius 1 is 1.15 bits per heavy atom. The van der Waals surface area contributed by atoms with E-state index >= 15 is 0 Å². The molecule has 140 valence electrons. The molecule has 0 aliphatic carbocycles. The number of rotatable bonds is 4. The molecule has 2 aromatic carbocycles. The second-order valence-corrected chi connectivity index (χ2v) is 7.23. The first-order valence-electron chi connectivity index (χ1n) is 9.47. The zero-order valence-corrected chi connectivity index (χ0v) is 16.2. The summed E-state index contributed by atoms with van der Waals surface area (Å²) in [6.07, 6.45) is 0. The summed E-state index contributed by atoms with van der Waals surface area (Å²) in [5.74, 6) is -0.0344. The normalized spacial score (nSPS) is 15.9. The van der Waals surface area contributed by atoms with E-state index in [0.717, 1.165) is 26.2 Å². The molecule has 5 heteroatoms. The average Bonchev–Trinajstić information content (AvgIpc) is 2.70. The Labute approximate surface area is 161 Å². The smallest absolute Gasteiger partial charge is 0.282 e.